The Balaban J connectivity index is 1.21. The molecule has 0 saturated heterocycles. The highest BCUT2D eigenvalue weighted by atomic mass is 16.5. The van der Waals surface area contributed by atoms with Gasteiger partial charge in [-0.3, -0.25) is 5.32 Å². The van der Waals surface area contributed by atoms with Crippen LogP contribution in [-0.2, 0) is 13.0 Å². The van der Waals surface area contributed by atoms with Gasteiger partial charge in [0.25, 0.3) is 0 Å². The zero-order chi connectivity index (χ0) is 23.3. The highest BCUT2D eigenvalue weighted by Gasteiger charge is 2.18. The van der Waals surface area contributed by atoms with Crippen LogP contribution in [-0.4, -0.2) is 19.5 Å². The highest BCUT2D eigenvalue weighted by Crippen LogP contribution is 2.30. The second kappa shape index (κ2) is 10.2. The summed E-state index contributed by atoms with van der Waals surface area (Å²) in [4.78, 5) is 2.26. The molecule has 2 aliphatic rings. The number of nitrogens with one attached hydrogen (secondary N) is 1. The fourth-order valence-electron chi connectivity index (χ4n) is 4.62. The summed E-state index contributed by atoms with van der Waals surface area (Å²) >= 11 is 0. The van der Waals surface area contributed by atoms with Gasteiger partial charge in [0.1, 0.15) is 18.2 Å². The summed E-state index contributed by atoms with van der Waals surface area (Å²) in [5.41, 5.74) is 6.14. The minimum absolute atomic E-state index is 0.315. The van der Waals surface area contributed by atoms with E-state index in [9.17, 15) is 0 Å². The molecule has 1 N–H and O–H groups in total. The molecule has 0 saturated carbocycles. The van der Waals surface area contributed by atoms with Gasteiger partial charge >= 0.3 is 0 Å². The van der Waals surface area contributed by atoms with Gasteiger partial charge in [-0.2, -0.15) is 0 Å². The molecule has 3 aromatic rings. The second-order valence-electron chi connectivity index (χ2n) is 9.17. The molecule has 34 heavy (non-hydrogen) atoms. The summed E-state index contributed by atoms with van der Waals surface area (Å²) in [6.07, 6.45) is 9.47. The molecule has 1 aliphatic carbocycles. The first-order valence-corrected chi connectivity index (χ1v) is 12.0. The standard InChI is InChI=1S/C30H32N2O2/c1-22-8-6-7-11-28(22)31-20-33-29-14-12-24(16-23(29)2)17-25-13-15-30-26(18-25)19-32(21-34-30)27-9-4-3-5-10-27/h3-16,18,22,28,31H,17,19-21H2,1-2H3/t22-,28?/m0/s1. The van der Waals surface area contributed by atoms with Crippen molar-refractivity contribution in [3.63, 3.8) is 0 Å². The summed E-state index contributed by atoms with van der Waals surface area (Å²) in [7, 11) is 0. The van der Waals surface area contributed by atoms with Crippen molar-refractivity contribution in [3.8, 4) is 11.5 Å². The molecule has 4 heteroatoms. The van der Waals surface area contributed by atoms with Crippen LogP contribution in [0.2, 0.25) is 0 Å². The van der Waals surface area contributed by atoms with Gasteiger partial charge in [0.05, 0.1) is 0 Å². The number of hydrogen-bond acceptors (Lipinski definition) is 4. The molecule has 0 amide bonds. The van der Waals surface area contributed by atoms with Crippen molar-refractivity contribution in [2.24, 2.45) is 5.92 Å². The lowest BCUT2D eigenvalue weighted by Gasteiger charge is -2.31. The van der Waals surface area contributed by atoms with Crippen LogP contribution in [0, 0.1) is 12.8 Å². The third-order valence-corrected chi connectivity index (χ3v) is 6.59. The lowest BCUT2D eigenvalue weighted by Crippen LogP contribution is -2.36. The van der Waals surface area contributed by atoms with E-state index in [0.717, 1.165) is 30.0 Å². The predicted octanol–water partition coefficient (Wildman–Crippen LogP) is 6.00. The van der Waals surface area contributed by atoms with Crippen molar-refractivity contribution in [2.45, 2.75) is 32.9 Å². The molecule has 0 spiro atoms. The van der Waals surface area contributed by atoms with E-state index in [-0.39, 0.29) is 0 Å². The molecule has 0 bridgehead atoms. The fraction of sp³-hybridized carbons (Fsp3) is 0.267. The molecule has 1 heterocycles. The first-order valence-electron chi connectivity index (χ1n) is 12.0. The summed E-state index contributed by atoms with van der Waals surface area (Å²) in [6, 6.07) is 23.8. The Hall–Kier alpha value is -3.50. The van der Waals surface area contributed by atoms with Crippen LogP contribution < -0.4 is 19.7 Å². The van der Waals surface area contributed by atoms with Gasteiger partial charge < -0.3 is 14.4 Å². The number of hydrogen-bond donors (Lipinski definition) is 1. The zero-order valence-corrected chi connectivity index (χ0v) is 19.9. The van der Waals surface area contributed by atoms with Crippen molar-refractivity contribution < 1.29 is 9.47 Å². The Morgan fingerprint density at radius 1 is 0.971 bits per heavy atom. The first-order chi connectivity index (χ1) is 16.7. The number of aryl methyl sites for hydroxylation is 1. The second-order valence-corrected chi connectivity index (χ2v) is 9.17. The molecular weight excluding hydrogens is 420 g/mol. The van der Waals surface area contributed by atoms with Crippen LogP contribution in [0.4, 0.5) is 5.69 Å². The van der Waals surface area contributed by atoms with Gasteiger partial charge in [-0.05, 0) is 66.3 Å². The lowest BCUT2D eigenvalue weighted by atomic mass is 9.98. The Morgan fingerprint density at radius 2 is 1.76 bits per heavy atom. The van der Waals surface area contributed by atoms with Gasteiger partial charge in [-0.15, -0.1) is 0 Å². The number of benzene rings is 3. The number of anilines is 1. The van der Waals surface area contributed by atoms with Gasteiger partial charge in [0.2, 0.25) is 0 Å². The van der Waals surface area contributed by atoms with Crippen molar-refractivity contribution in [1.29, 1.82) is 0 Å². The number of allylic oxidation sites excluding steroid dienone is 2. The van der Waals surface area contributed by atoms with Crippen molar-refractivity contribution in [1.82, 2.24) is 5.32 Å². The average molecular weight is 453 g/mol. The van der Waals surface area contributed by atoms with Gasteiger partial charge in [0.15, 0.2) is 6.73 Å². The van der Waals surface area contributed by atoms with Crippen LogP contribution in [0.25, 0.3) is 0 Å². The Bertz CT molecular complexity index is 1190. The largest absolute Gasteiger partial charge is 0.478 e. The van der Waals surface area contributed by atoms with Crippen molar-refractivity contribution in [3.05, 3.63) is 113 Å². The lowest BCUT2D eigenvalue weighted by molar-refractivity contribution is 0.260. The molecule has 1 unspecified atom stereocenters. The van der Waals surface area contributed by atoms with E-state index in [4.69, 9.17) is 9.47 Å². The average Bonchev–Trinajstić information content (AvgIpc) is 2.86. The molecule has 0 radical (unpaired) electrons. The van der Waals surface area contributed by atoms with Crippen LogP contribution in [0.15, 0.2) is 91.0 Å². The summed E-state index contributed by atoms with van der Waals surface area (Å²) in [5.74, 6) is 2.39. The molecular formula is C30H32N2O2. The van der Waals surface area contributed by atoms with E-state index in [0.29, 0.717) is 25.4 Å². The molecule has 174 valence electrons. The molecule has 2 atom stereocenters. The maximum absolute atomic E-state index is 6.03. The predicted molar refractivity (Wildman–Crippen MR) is 138 cm³/mol. The first kappa shape index (κ1) is 22.3. The number of para-hydroxylation sites is 1. The van der Waals surface area contributed by atoms with E-state index in [1.807, 2.05) is 6.07 Å². The normalized spacial score (nSPS) is 18.9. The number of fused-ring (bicyclic) bond motifs is 1. The topological polar surface area (TPSA) is 33.7 Å². The van der Waals surface area contributed by atoms with E-state index < -0.39 is 0 Å². The van der Waals surface area contributed by atoms with Gasteiger partial charge in [-0.1, -0.05) is 67.6 Å². The molecule has 4 nitrogen and oxygen atoms in total. The summed E-state index contributed by atoms with van der Waals surface area (Å²) in [6.45, 7) is 6.26. The number of rotatable bonds is 7. The van der Waals surface area contributed by atoms with E-state index in [2.05, 4.69) is 109 Å². The van der Waals surface area contributed by atoms with E-state index in [1.165, 1.54) is 22.4 Å². The minimum Gasteiger partial charge on any atom is -0.478 e. The number of nitrogens with zero attached hydrogens (tertiary/aromatic N) is 1. The molecule has 1 aliphatic heterocycles. The minimum atomic E-state index is 0.315. The van der Waals surface area contributed by atoms with Crippen LogP contribution in [0.3, 0.4) is 0 Å². The van der Waals surface area contributed by atoms with Crippen LogP contribution >= 0.6 is 0 Å². The maximum Gasteiger partial charge on any atom is 0.161 e. The molecule has 3 aromatic carbocycles. The maximum atomic E-state index is 6.03. The summed E-state index contributed by atoms with van der Waals surface area (Å²) < 4.78 is 12.0. The smallest absolute Gasteiger partial charge is 0.161 e. The summed E-state index contributed by atoms with van der Waals surface area (Å²) in [5, 5.41) is 3.47. The number of ether oxygens (including phenoxy) is 2. The third-order valence-electron chi connectivity index (χ3n) is 6.59. The molecule has 5 rings (SSSR count). The van der Waals surface area contributed by atoms with Crippen LogP contribution in [0.5, 0.6) is 11.5 Å². The molecule has 0 fully saturated rings. The van der Waals surface area contributed by atoms with E-state index in [1.54, 1.807) is 0 Å². The molecule has 0 aromatic heterocycles. The monoisotopic (exact) mass is 452 g/mol. The fourth-order valence-corrected chi connectivity index (χ4v) is 4.62. The van der Waals surface area contributed by atoms with Crippen molar-refractivity contribution >= 4 is 5.69 Å². The van der Waals surface area contributed by atoms with Crippen LogP contribution in [0.1, 0.15) is 29.2 Å². The quantitative estimate of drug-likeness (QED) is 0.446. The van der Waals surface area contributed by atoms with Gasteiger partial charge in [0, 0.05) is 23.8 Å². The van der Waals surface area contributed by atoms with E-state index >= 15 is 0 Å². The SMILES string of the molecule is Cc1cc(Cc2ccc3c(c2)CN(c2ccccc2)CO3)ccc1OCNC1C=CC=C[C@@H]1C. The Labute approximate surface area is 202 Å². The Kier molecular flexibility index (Phi) is 6.68. The van der Waals surface area contributed by atoms with Gasteiger partial charge in [-0.25, -0.2) is 0 Å². The highest BCUT2D eigenvalue weighted by molar-refractivity contribution is 5.51. The Morgan fingerprint density at radius 3 is 2.59 bits per heavy atom. The van der Waals surface area contributed by atoms with Crippen molar-refractivity contribution in [2.75, 3.05) is 18.4 Å². The third kappa shape index (κ3) is 5.18. The zero-order valence-electron chi connectivity index (χ0n) is 19.9.